The Balaban J connectivity index is 1.15. The Labute approximate surface area is 229 Å². The Bertz CT molecular complexity index is 1270. The maximum atomic E-state index is 13.2. The number of hydrogen-bond acceptors (Lipinski definition) is 4. The van der Waals surface area contributed by atoms with Gasteiger partial charge in [-0.05, 0) is 78.3 Å². The number of nitrogens with zero attached hydrogens (tertiary/aromatic N) is 2. The summed E-state index contributed by atoms with van der Waals surface area (Å²) in [5, 5.41) is 0. The highest BCUT2D eigenvalue weighted by Gasteiger charge is 2.58. The number of anilines is 2. The molecule has 2 aliphatic carbocycles. The van der Waals surface area contributed by atoms with E-state index in [2.05, 4.69) is 13.2 Å². The Hall–Kier alpha value is -3.80. The average molecular weight is 523 g/mol. The summed E-state index contributed by atoms with van der Waals surface area (Å²) >= 11 is 0. The number of carbonyl (C=O) groups excluding carboxylic acids is 4. The zero-order chi connectivity index (χ0) is 27.6. The molecule has 2 heterocycles. The lowest BCUT2D eigenvalue weighted by Gasteiger charge is -2.19. The minimum absolute atomic E-state index is 0.0475. The molecule has 2 aromatic rings. The fourth-order valence-electron chi connectivity index (χ4n) is 7.72. The maximum Gasteiger partial charge on any atom is 0.238 e. The molecule has 0 bridgehead atoms. The van der Waals surface area contributed by atoms with Gasteiger partial charge in [0.1, 0.15) is 0 Å². The second-order valence-corrected chi connectivity index (χ2v) is 11.9. The third-order valence-electron chi connectivity index (χ3n) is 9.64. The van der Waals surface area contributed by atoms with Gasteiger partial charge in [0.05, 0.1) is 35.0 Å². The highest BCUT2D eigenvalue weighted by atomic mass is 16.2. The molecule has 0 spiro atoms. The van der Waals surface area contributed by atoms with Gasteiger partial charge in [0.2, 0.25) is 23.6 Å². The molecule has 200 valence electrons. The molecule has 4 aliphatic rings. The van der Waals surface area contributed by atoms with Crippen molar-refractivity contribution in [3.05, 3.63) is 85.0 Å². The van der Waals surface area contributed by atoms with Crippen LogP contribution in [0, 0.1) is 47.3 Å². The summed E-state index contributed by atoms with van der Waals surface area (Å²) in [5.41, 5.74) is 3.29. The van der Waals surface area contributed by atoms with Crippen molar-refractivity contribution in [1.29, 1.82) is 0 Å². The SMILES string of the molecule is C=CC1CC(C)C2C(=O)N(c3ccc(Cc4ccc(N5C(=O)C6C(C)CC(C=C)C6C5=O)cc4)cc3)C(=O)C12. The number of benzene rings is 2. The van der Waals surface area contributed by atoms with Crippen LogP contribution < -0.4 is 9.80 Å². The minimum atomic E-state index is -0.303. The fourth-order valence-corrected chi connectivity index (χ4v) is 7.72. The van der Waals surface area contributed by atoms with Crippen molar-refractivity contribution in [2.24, 2.45) is 47.3 Å². The van der Waals surface area contributed by atoms with E-state index in [4.69, 9.17) is 0 Å². The Kier molecular flexibility index (Phi) is 6.17. The van der Waals surface area contributed by atoms with Gasteiger partial charge >= 0.3 is 0 Å². The first-order valence-corrected chi connectivity index (χ1v) is 13.9. The predicted molar refractivity (Wildman–Crippen MR) is 150 cm³/mol. The molecule has 8 atom stereocenters. The predicted octanol–water partition coefficient (Wildman–Crippen LogP) is 5.17. The average Bonchev–Trinajstić information content (AvgIpc) is 3.61. The third-order valence-corrected chi connectivity index (χ3v) is 9.64. The number of rotatable bonds is 6. The lowest BCUT2D eigenvalue weighted by molar-refractivity contribution is -0.124. The lowest BCUT2D eigenvalue weighted by Crippen LogP contribution is -2.33. The Morgan fingerprint density at radius 2 is 0.949 bits per heavy atom. The van der Waals surface area contributed by atoms with Gasteiger partial charge in [0.15, 0.2) is 0 Å². The van der Waals surface area contributed by atoms with Gasteiger partial charge in [0.25, 0.3) is 0 Å². The van der Waals surface area contributed by atoms with E-state index in [1.54, 1.807) is 0 Å². The van der Waals surface area contributed by atoms with Gasteiger partial charge in [0, 0.05) is 0 Å². The second-order valence-electron chi connectivity index (χ2n) is 11.9. The zero-order valence-electron chi connectivity index (χ0n) is 22.5. The summed E-state index contributed by atoms with van der Waals surface area (Å²) in [6.07, 6.45) is 5.95. The monoisotopic (exact) mass is 522 g/mol. The van der Waals surface area contributed by atoms with Crippen LogP contribution in [-0.2, 0) is 25.6 Å². The molecule has 2 saturated heterocycles. The number of amides is 4. The van der Waals surface area contributed by atoms with Crippen LogP contribution in [0.25, 0.3) is 0 Å². The van der Waals surface area contributed by atoms with E-state index in [1.165, 1.54) is 9.80 Å². The first-order valence-electron chi connectivity index (χ1n) is 13.9. The molecule has 6 rings (SSSR count). The van der Waals surface area contributed by atoms with Crippen molar-refractivity contribution in [2.45, 2.75) is 33.1 Å². The third kappa shape index (κ3) is 3.83. The van der Waals surface area contributed by atoms with Gasteiger partial charge in [-0.2, -0.15) is 0 Å². The van der Waals surface area contributed by atoms with Crippen LogP contribution in [-0.4, -0.2) is 23.6 Å². The van der Waals surface area contributed by atoms with Crippen LogP contribution in [0.15, 0.2) is 73.8 Å². The summed E-state index contributed by atoms with van der Waals surface area (Å²) in [4.78, 5) is 55.4. The standard InChI is InChI=1S/C33H34N2O4/c1-5-22-15-18(3)26-28(22)32(38)34(30(26)36)24-11-7-20(8-12-24)17-21-9-13-25(14-10-21)35-31(37)27-19(4)16-23(6-2)29(27)33(35)39/h5-14,18-19,22-23,26-29H,1-2,15-17H2,3-4H3. The van der Waals surface area contributed by atoms with Gasteiger partial charge < -0.3 is 0 Å². The van der Waals surface area contributed by atoms with Gasteiger partial charge in [-0.3, -0.25) is 29.0 Å². The number of allylic oxidation sites excluding steroid dienone is 2. The van der Waals surface area contributed by atoms with Crippen molar-refractivity contribution in [3.8, 4) is 0 Å². The molecule has 8 unspecified atom stereocenters. The molecule has 2 aromatic carbocycles. The summed E-state index contributed by atoms with van der Waals surface area (Å²) in [7, 11) is 0. The van der Waals surface area contributed by atoms with E-state index < -0.39 is 0 Å². The summed E-state index contributed by atoms with van der Waals surface area (Å²) in [6.45, 7) is 11.9. The molecule has 6 nitrogen and oxygen atoms in total. The fraction of sp³-hybridized carbons (Fsp3) is 0.394. The molecule has 6 heteroatoms. The molecular formula is C33H34N2O4. The summed E-state index contributed by atoms with van der Waals surface area (Å²) in [6, 6.07) is 15.1. The molecule has 0 radical (unpaired) electrons. The molecule has 0 aromatic heterocycles. The largest absolute Gasteiger partial charge is 0.274 e. The van der Waals surface area contributed by atoms with Gasteiger partial charge in [-0.1, -0.05) is 50.3 Å². The van der Waals surface area contributed by atoms with Crippen molar-refractivity contribution in [3.63, 3.8) is 0 Å². The van der Waals surface area contributed by atoms with E-state index in [1.807, 2.05) is 74.5 Å². The van der Waals surface area contributed by atoms with E-state index in [0.29, 0.717) is 17.8 Å². The van der Waals surface area contributed by atoms with Crippen molar-refractivity contribution in [1.82, 2.24) is 0 Å². The van der Waals surface area contributed by atoms with E-state index in [9.17, 15) is 19.2 Å². The first kappa shape index (κ1) is 25.5. The van der Waals surface area contributed by atoms with Crippen LogP contribution >= 0.6 is 0 Å². The maximum absolute atomic E-state index is 13.2. The smallest absolute Gasteiger partial charge is 0.238 e. The Morgan fingerprint density at radius 1 is 0.615 bits per heavy atom. The van der Waals surface area contributed by atoms with Crippen molar-refractivity contribution >= 4 is 35.0 Å². The highest BCUT2D eigenvalue weighted by Crippen LogP contribution is 2.50. The quantitative estimate of drug-likeness (QED) is 0.387. The van der Waals surface area contributed by atoms with E-state index in [0.717, 1.165) is 24.0 Å². The van der Waals surface area contributed by atoms with Gasteiger partial charge in [-0.25, -0.2) is 0 Å². The molecule has 4 fully saturated rings. The topological polar surface area (TPSA) is 74.8 Å². The molecule has 4 amide bonds. The second kappa shape index (κ2) is 9.44. The number of hydrogen-bond donors (Lipinski definition) is 0. The van der Waals surface area contributed by atoms with Crippen molar-refractivity contribution in [2.75, 3.05) is 9.80 Å². The van der Waals surface area contributed by atoms with Crippen LogP contribution in [0.1, 0.15) is 37.8 Å². The normalized spacial score (nSPS) is 33.6. The zero-order valence-corrected chi connectivity index (χ0v) is 22.5. The van der Waals surface area contributed by atoms with Crippen LogP contribution in [0.2, 0.25) is 0 Å². The number of fused-ring (bicyclic) bond motifs is 2. The molecule has 0 N–H and O–H groups in total. The summed E-state index contributed by atoms with van der Waals surface area (Å²) in [5.74, 6) is -1.15. The van der Waals surface area contributed by atoms with Crippen LogP contribution in [0.3, 0.4) is 0 Å². The molecular weight excluding hydrogens is 488 g/mol. The molecule has 39 heavy (non-hydrogen) atoms. The highest BCUT2D eigenvalue weighted by molar-refractivity contribution is 6.23. The van der Waals surface area contributed by atoms with E-state index >= 15 is 0 Å². The van der Waals surface area contributed by atoms with Gasteiger partial charge in [-0.15, -0.1) is 13.2 Å². The number of carbonyl (C=O) groups is 4. The van der Waals surface area contributed by atoms with Crippen LogP contribution in [0.5, 0.6) is 0 Å². The minimum Gasteiger partial charge on any atom is -0.274 e. The van der Waals surface area contributed by atoms with Crippen molar-refractivity contribution < 1.29 is 19.2 Å². The van der Waals surface area contributed by atoms with E-state index in [-0.39, 0.29) is 71.0 Å². The number of imide groups is 2. The summed E-state index contributed by atoms with van der Waals surface area (Å²) < 4.78 is 0. The lowest BCUT2D eigenvalue weighted by atomic mass is 9.90. The Morgan fingerprint density at radius 3 is 1.28 bits per heavy atom. The van der Waals surface area contributed by atoms with Crippen LogP contribution in [0.4, 0.5) is 11.4 Å². The molecule has 2 saturated carbocycles. The molecule has 2 aliphatic heterocycles. The first-order chi connectivity index (χ1) is 18.7.